The maximum Gasteiger partial charge on any atom is 0.191 e. The van der Waals surface area contributed by atoms with Crippen molar-refractivity contribution in [1.82, 2.24) is 15.5 Å². The third-order valence-corrected chi connectivity index (χ3v) is 4.55. The molecule has 1 unspecified atom stereocenters. The number of aryl methyl sites for hydroxylation is 1. The summed E-state index contributed by atoms with van der Waals surface area (Å²) >= 11 is 0. The van der Waals surface area contributed by atoms with Crippen LogP contribution in [0, 0.1) is 12.7 Å². The van der Waals surface area contributed by atoms with E-state index < -0.39 is 0 Å². The van der Waals surface area contributed by atoms with Crippen molar-refractivity contribution in [2.45, 2.75) is 45.7 Å². The quantitative estimate of drug-likeness (QED) is 0.647. The van der Waals surface area contributed by atoms with Crippen LogP contribution in [0.1, 0.15) is 37.3 Å². The van der Waals surface area contributed by atoms with Crippen molar-refractivity contribution in [2.75, 3.05) is 26.7 Å². The van der Waals surface area contributed by atoms with Crippen LogP contribution in [0.2, 0.25) is 0 Å². The Balaban J connectivity index is 1.73. The molecule has 1 aliphatic rings. The summed E-state index contributed by atoms with van der Waals surface area (Å²) in [7, 11) is 1.76. The lowest BCUT2D eigenvalue weighted by Gasteiger charge is -2.33. The zero-order valence-electron chi connectivity index (χ0n) is 14.5. The molecular formula is C18H29FN4. The number of hydrogen-bond donors (Lipinski definition) is 2. The first-order valence-electron chi connectivity index (χ1n) is 8.53. The summed E-state index contributed by atoms with van der Waals surface area (Å²) < 4.78 is 13.6. The van der Waals surface area contributed by atoms with E-state index in [4.69, 9.17) is 0 Å². The van der Waals surface area contributed by atoms with E-state index in [9.17, 15) is 4.39 Å². The number of likely N-dealkylation sites (tertiary alicyclic amines) is 1. The zero-order chi connectivity index (χ0) is 16.7. The van der Waals surface area contributed by atoms with E-state index >= 15 is 0 Å². The summed E-state index contributed by atoms with van der Waals surface area (Å²) in [6.07, 6.45) is 3.95. The Hall–Kier alpha value is -1.62. The summed E-state index contributed by atoms with van der Waals surface area (Å²) in [6, 6.07) is 6.00. The van der Waals surface area contributed by atoms with Gasteiger partial charge in [0, 0.05) is 32.7 Å². The van der Waals surface area contributed by atoms with Crippen LogP contribution in [-0.2, 0) is 6.54 Å². The smallest absolute Gasteiger partial charge is 0.191 e. The lowest BCUT2D eigenvalue weighted by molar-refractivity contribution is 0.163. The van der Waals surface area contributed by atoms with Gasteiger partial charge in [0.15, 0.2) is 5.96 Å². The average Bonchev–Trinajstić information content (AvgIpc) is 2.55. The molecule has 1 saturated heterocycles. The Kier molecular flexibility index (Phi) is 6.84. The lowest BCUT2D eigenvalue weighted by atomic mass is 10.0. The molecular weight excluding hydrogens is 291 g/mol. The maximum atomic E-state index is 13.6. The second-order valence-corrected chi connectivity index (χ2v) is 6.32. The van der Waals surface area contributed by atoms with Crippen LogP contribution >= 0.6 is 0 Å². The molecule has 0 saturated carbocycles. The van der Waals surface area contributed by atoms with Crippen molar-refractivity contribution in [3.05, 3.63) is 35.1 Å². The summed E-state index contributed by atoms with van der Waals surface area (Å²) in [5.41, 5.74) is 1.59. The number of piperidine rings is 1. The number of rotatable bonds is 5. The van der Waals surface area contributed by atoms with E-state index in [-0.39, 0.29) is 5.82 Å². The van der Waals surface area contributed by atoms with Gasteiger partial charge in [0.25, 0.3) is 0 Å². The molecule has 128 valence electrons. The number of hydrogen-bond acceptors (Lipinski definition) is 2. The van der Waals surface area contributed by atoms with Crippen molar-refractivity contribution in [1.29, 1.82) is 0 Å². The molecule has 0 aliphatic carbocycles. The van der Waals surface area contributed by atoms with E-state index in [0.29, 0.717) is 18.2 Å². The van der Waals surface area contributed by atoms with Gasteiger partial charge in [-0.15, -0.1) is 0 Å². The molecule has 0 bridgehead atoms. The van der Waals surface area contributed by atoms with Gasteiger partial charge in [-0.05, 0) is 50.4 Å². The number of halogens is 1. The van der Waals surface area contributed by atoms with Crippen molar-refractivity contribution >= 4 is 5.96 Å². The highest BCUT2D eigenvalue weighted by Crippen LogP contribution is 2.15. The van der Waals surface area contributed by atoms with Gasteiger partial charge >= 0.3 is 0 Å². The predicted molar refractivity (Wildman–Crippen MR) is 94.2 cm³/mol. The van der Waals surface area contributed by atoms with Gasteiger partial charge < -0.3 is 10.6 Å². The van der Waals surface area contributed by atoms with Crippen molar-refractivity contribution in [3.63, 3.8) is 0 Å². The van der Waals surface area contributed by atoms with Crippen LogP contribution in [0.3, 0.4) is 0 Å². The van der Waals surface area contributed by atoms with Gasteiger partial charge in [-0.3, -0.25) is 9.89 Å². The topological polar surface area (TPSA) is 39.7 Å². The van der Waals surface area contributed by atoms with Crippen molar-refractivity contribution in [3.8, 4) is 0 Å². The molecule has 1 aromatic rings. The highest BCUT2D eigenvalue weighted by atomic mass is 19.1. The largest absolute Gasteiger partial charge is 0.355 e. The highest BCUT2D eigenvalue weighted by molar-refractivity contribution is 5.79. The molecule has 5 heteroatoms. The molecule has 1 heterocycles. The fourth-order valence-corrected chi connectivity index (χ4v) is 2.96. The first kappa shape index (κ1) is 17.7. The third kappa shape index (κ3) is 5.50. The molecule has 1 fully saturated rings. The minimum absolute atomic E-state index is 0.161. The Bertz CT molecular complexity index is 530. The minimum Gasteiger partial charge on any atom is -0.355 e. The SMILES string of the molecule is CN=C(NCCN1CCCCC1C)NCc1ccc(C)c(F)c1. The minimum atomic E-state index is -0.161. The van der Waals surface area contributed by atoms with Gasteiger partial charge in [-0.1, -0.05) is 18.6 Å². The average molecular weight is 320 g/mol. The van der Waals surface area contributed by atoms with E-state index in [0.717, 1.165) is 24.6 Å². The number of nitrogens with one attached hydrogen (secondary N) is 2. The zero-order valence-corrected chi connectivity index (χ0v) is 14.5. The number of aliphatic imine (C=N–C) groups is 1. The molecule has 1 aliphatic heterocycles. The van der Waals surface area contributed by atoms with Gasteiger partial charge in [-0.25, -0.2) is 4.39 Å². The van der Waals surface area contributed by atoms with Crippen LogP contribution in [0.25, 0.3) is 0 Å². The molecule has 0 amide bonds. The molecule has 0 aromatic heterocycles. The summed E-state index contributed by atoms with van der Waals surface area (Å²) in [5.74, 6) is 0.599. The summed E-state index contributed by atoms with van der Waals surface area (Å²) in [6.45, 7) is 7.73. The lowest BCUT2D eigenvalue weighted by Crippen LogP contribution is -2.45. The molecule has 4 nitrogen and oxygen atoms in total. The standard InChI is InChI=1S/C18H29FN4/c1-14-7-8-16(12-17(14)19)13-22-18(20-3)21-9-11-23-10-5-4-6-15(23)2/h7-8,12,15H,4-6,9-11,13H2,1-3H3,(H2,20,21,22). The van der Waals surface area contributed by atoms with Crippen LogP contribution in [0.5, 0.6) is 0 Å². The molecule has 1 aromatic carbocycles. The first-order valence-corrected chi connectivity index (χ1v) is 8.53. The molecule has 1 atom stereocenters. The Morgan fingerprint density at radius 2 is 2.17 bits per heavy atom. The third-order valence-electron chi connectivity index (χ3n) is 4.55. The van der Waals surface area contributed by atoms with Crippen molar-refractivity contribution < 1.29 is 4.39 Å². The first-order chi connectivity index (χ1) is 11.1. The summed E-state index contributed by atoms with van der Waals surface area (Å²) in [5, 5.41) is 6.57. The molecule has 0 spiro atoms. The van der Waals surface area contributed by atoms with Crippen LogP contribution in [0.15, 0.2) is 23.2 Å². The summed E-state index contributed by atoms with van der Waals surface area (Å²) in [4.78, 5) is 6.75. The van der Waals surface area contributed by atoms with Gasteiger partial charge in [0.1, 0.15) is 5.82 Å². The fraction of sp³-hybridized carbons (Fsp3) is 0.611. The van der Waals surface area contributed by atoms with Gasteiger partial charge in [-0.2, -0.15) is 0 Å². The predicted octanol–water partition coefficient (Wildman–Crippen LogP) is 2.67. The monoisotopic (exact) mass is 320 g/mol. The maximum absolute atomic E-state index is 13.6. The number of benzene rings is 1. The fourth-order valence-electron chi connectivity index (χ4n) is 2.96. The normalized spacial score (nSPS) is 19.7. The number of nitrogens with zero attached hydrogens (tertiary/aromatic N) is 2. The Labute approximate surface area is 139 Å². The van der Waals surface area contributed by atoms with Crippen molar-refractivity contribution in [2.24, 2.45) is 4.99 Å². The van der Waals surface area contributed by atoms with E-state index in [2.05, 4.69) is 27.4 Å². The second kappa shape index (κ2) is 8.87. The van der Waals surface area contributed by atoms with Gasteiger partial charge in [0.2, 0.25) is 0 Å². The van der Waals surface area contributed by atoms with Crippen LogP contribution in [-0.4, -0.2) is 43.6 Å². The molecule has 2 rings (SSSR count). The molecule has 2 N–H and O–H groups in total. The van der Waals surface area contributed by atoms with E-state index in [1.807, 2.05) is 6.07 Å². The highest BCUT2D eigenvalue weighted by Gasteiger charge is 2.17. The molecule has 23 heavy (non-hydrogen) atoms. The van der Waals surface area contributed by atoms with E-state index in [1.54, 1.807) is 26.1 Å². The molecule has 0 radical (unpaired) electrons. The number of guanidine groups is 1. The van der Waals surface area contributed by atoms with Crippen LogP contribution in [0.4, 0.5) is 4.39 Å². The second-order valence-electron chi connectivity index (χ2n) is 6.32. The Morgan fingerprint density at radius 3 is 2.87 bits per heavy atom. The van der Waals surface area contributed by atoms with E-state index in [1.165, 1.54) is 25.8 Å². The Morgan fingerprint density at radius 1 is 1.35 bits per heavy atom. The van der Waals surface area contributed by atoms with Gasteiger partial charge in [0.05, 0.1) is 0 Å². The van der Waals surface area contributed by atoms with Crippen LogP contribution < -0.4 is 10.6 Å².